The highest BCUT2D eigenvalue weighted by Gasteiger charge is 2.20. The molecule has 1 aliphatic heterocycles. The summed E-state index contributed by atoms with van der Waals surface area (Å²) in [6, 6.07) is 1.44. The van der Waals surface area contributed by atoms with E-state index in [-0.39, 0.29) is 18.3 Å². The third kappa shape index (κ3) is 2.34. The normalized spacial score (nSPS) is 21.7. The van der Waals surface area contributed by atoms with E-state index >= 15 is 0 Å². The molecule has 0 aromatic carbocycles. The van der Waals surface area contributed by atoms with Gasteiger partial charge in [-0.1, -0.05) is 0 Å². The van der Waals surface area contributed by atoms with Gasteiger partial charge in [-0.05, 0) is 0 Å². The van der Waals surface area contributed by atoms with E-state index in [0.29, 0.717) is 25.5 Å². The molecule has 0 aliphatic carbocycles. The number of nitrogens with one attached hydrogen (secondary N) is 1. The van der Waals surface area contributed by atoms with Gasteiger partial charge >= 0.3 is 0 Å². The monoisotopic (exact) mass is 211 g/mol. The summed E-state index contributed by atoms with van der Waals surface area (Å²) >= 11 is 0. The number of H-pyrrole nitrogens is 1. The first kappa shape index (κ1) is 10.1. The van der Waals surface area contributed by atoms with E-state index in [9.17, 15) is 4.79 Å². The molecule has 1 atom stereocenters. The summed E-state index contributed by atoms with van der Waals surface area (Å²) in [5.41, 5.74) is -0.174. The number of anilines is 1. The van der Waals surface area contributed by atoms with Gasteiger partial charge in [0.15, 0.2) is 0 Å². The second-order valence-electron chi connectivity index (χ2n) is 3.39. The van der Waals surface area contributed by atoms with Crippen molar-refractivity contribution in [3.8, 4) is 0 Å². The Hall–Kier alpha value is -1.40. The fourth-order valence-corrected chi connectivity index (χ4v) is 1.57. The van der Waals surface area contributed by atoms with Crippen LogP contribution in [-0.2, 0) is 4.74 Å². The van der Waals surface area contributed by atoms with Crippen LogP contribution in [0.2, 0.25) is 0 Å². The van der Waals surface area contributed by atoms with E-state index in [0.717, 1.165) is 0 Å². The molecule has 1 aromatic rings. The van der Waals surface area contributed by atoms with Crippen molar-refractivity contribution in [2.75, 3.05) is 31.2 Å². The van der Waals surface area contributed by atoms with Crippen LogP contribution < -0.4 is 10.5 Å². The summed E-state index contributed by atoms with van der Waals surface area (Å²) in [6.07, 6.45) is 1.18. The lowest BCUT2D eigenvalue weighted by Crippen LogP contribution is -2.44. The third-order valence-corrected chi connectivity index (χ3v) is 2.33. The molecule has 1 fully saturated rings. The molecule has 2 N–H and O–H groups in total. The highest BCUT2D eigenvalue weighted by Crippen LogP contribution is 2.12. The maximum Gasteiger partial charge on any atom is 0.252 e. The lowest BCUT2D eigenvalue weighted by atomic mass is 10.3. The number of aromatic amines is 1. The average Bonchev–Trinajstić information content (AvgIpc) is 2.29. The SMILES string of the molecule is O=c1cc(N2CCOC(CO)C2)nc[nH]1. The van der Waals surface area contributed by atoms with Gasteiger partial charge < -0.3 is 19.7 Å². The first-order valence-electron chi connectivity index (χ1n) is 4.82. The summed E-state index contributed by atoms with van der Waals surface area (Å²) in [6.45, 7) is 1.78. The fourth-order valence-electron chi connectivity index (χ4n) is 1.57. The lowest BCUT2D eigenvalue weighted by Gasteiger charge is -2.32. The quantitative estimate of drug-likeness (QED) is 0.653. The van der Waals surface area contributed by atoms with Crippen molar-refractivity contribution in [3.63, 3.8) is 0 Å². The van der Waals surface area contributed by atoms with E-state index in [4.69, 9.17) is 9.84 Å². The maximum absolute atomic E-state index is 11.1. The summed E-state index contributed by atoms with van der Waals surface area (Å²) in [5.74, 6) is 0.625. The zero-order valence-corrected chi connectivity index (χ0v) is 8.22. The predicted molar refractivity (Wildman–Crippen MR) is 53.9 cm³/mol. The molecule has 0 spiro atoms. The number of rotatable bonds is 2. The minimum Gasteiger partial charge on any atom is -0.394 e. The first-order chi connectivity index (χ1) is 7.29. The number of morpholine rings is 1. The third-order valence-electron chi connectivity index (χ3n) is 2.33. The van der Waals surface area contributed by atoms with Crippen molar-refractivity contribution in [3.05, 3.63) is 22.7 Å². The molecular weight excluding hydrogens is 198 g/mol. The molecule has 1 aliphatic rings. The lowest BCUT2D eigenvalue weighted by molar-refractivity contribution is 0.00335. The van der Waals surface area contributed by atoms with Crippen LogP contribution in [0.4, 0.5) is 5.82 Å². The molecule has 2 rings (SSSR count). The molecule has 6 nitrogen and oxygen atoms in total. The van der Waals surface area contributed by atoms with Crippen molar-refractivity contribution in [2.24, 2.45) is 0 Å². The van der Waals surface area contributed by atoms with Crippen molar-refractivity contribution >= 4 is 5.82 Å². The number of ether oxygens (including phenoxy) is 1. The molecule has 1 aromatic heterocycles. The second kappa shape index (κ2) is 4.41. The summed E-state index contributed by atoms with van der Waals surface area (Å²) in [4.78, 5) is 19.5. The summed E-state index contributed by atoms with van der Waals surface area (Å²) < 4.78 is 5.30. The number of nitrogens with zero attached hydrogens (tertiary/aromatic N) is 2. The molecule has 82 valence electrons. The van der Waals surface area contributed by atoms with Crippen LogP contribution in [0.25, 0.3) is 0 Å². The molecule has 15 heavy (non-hydrogen) atoms. The maximum atomic E-state index is 11.1. The van der Waals surface area contributed by atoms with E-state index in [1.807, 2.05) is 4.90 Å². The zero-order valence-electron chi connectivity index (χ0n) is 8.22. The summed E-state index contributed by atoms with van der Waals surface area (Å²) in [7, 11) is 0. The fraction of sp³-hybridized carbons (Fsp3) is 0.556. The first-order valence-corrected chi connectivity index (χ1v) is 4.82. The van der Waals surface area contributed by atoms with Gasteiger partial charge in [0, 0.05) is 19.2 Å². The Morgan fingerprint density at radius 1 is 1.73 bits per heavy atom. The molecule has 1 unspecified atom stereocenters. The van der Waals surface area contributed by atoms with Gasteiger partial charge in [-0.15, -0.1) is 0 Å². The Morgan fingerprint density at radius 2 is 2.60 bits per heavy atom. The van der Waals surface area contributed by atoms with Gasteiger partial charge in [0.2, 0.25) is 0 Å². The van der Waals surface area contributed by atoms with Gasteiger partial charge in [-0.3, -0.25) is 4.79 Å². The van der Waals surface area contributed by atoms with Crippen LogP contribution in [0.15, 0.2) is 17.2 Å². The van der Waals surface area contributed by atoms with Crippen molar-refractivity contribution in [1.82, 2.24) is 9.97 Å². The van der Waals surface area contributed by atoms with Crippen LogP contribution in [0.3, 0.4) is 0 Å². The van der Waals surface area contributed by atoms with Crippen LogP contribution >= 0.6 is 0 Å². The van der Waals surface area contributed by atoms with Crippen LogP contribution in [0.1, 0.15) is 0 Å². The molecule has 0 amide bonds. The number of aromatic nitrogens is 2. The molecule has 2 heterocycles. The summed E-state index contributed by atoms with van der Waals surface area (Å²) in [5, 5.41) is 8.97. The number of aliphatic hydroxyl groups excluding tert-OH is 1. The van der Waals surface area contributed by atoms with E-state index < -0.39 is 0 Å². The average molecular weight is 211 g/mol. The van der Waals surface area contributed by atoms with Crippen molar-refractivity contribution < 1.29 is 9.84 Å². The topological polar surface area (TPSA) is 78.5 Å². The highest BCUT2D eigenvalue weighted by atomic mass is 16.5. The minimum atomic E-state index is -0.195. The highest BCUT2D eigenvalue weighted by molar-refractivity contribution is 5.37. The van der Waals surface area contributed by atoms with Crippen LogP contribution in [0, 0.1) is 0 Å². The van der Waals surface area contributed by atoms with Crippen LogP contribution in [0.5, 0.6) is 0 Å². The van der Waals surface area contributed by atoms with Crippen molar-refractivity contribution in [1.29, 1.82) is 0 Å². The van der Waals surface area contributed by atoms with E-state index in [2.05, 4.69) is 9.97 Å². The van der Waals surface area contributed by atoms with E-state index in [1.165, 1.54) is 12.4 Å². The Bertz CT molecular complexity index is 379. The van der Waals surface area contributed by atoms with Gasteiger partial charge in [0.25, 0.3) is 5.56 Å². The predicted octanol–water partition coefficient (Wildman–Crippen LogP) is -1.03. The Morgan fingerprint density at radius 3 is 3.33 bits per heavy atom. The Labute approximate surface area is 86.5 Å². The molecule has 1 saturated heterocycles. The molecule has 0 radical (unpaired) electrons. The molecular formula is C9H13N3O3. The Balaban J connectivity index is 2.13. The molecule has 0 bridgehead atoms. The molecule has 0 saturated carbocycles. The van der Waals surface area contributed by atoms with E-state index in [1.54, 1.807) is 0 Å². The van der Waals surface area contributed by atoms with Gasteiger partial charge in [0.05, 0.1) is 25.6 Å². The minimum absolute atomic E-state index is 0.0142. The Kier molecular flexibility index (Phi) is 2.98. The van der Waals surface area contributed by atoms with Gasteiger partial charge in [0.1, 0.15) is 5.82 Å². The molecule has 6 heteroatoms. The van der Waals surface area contributed by atoms with Crippen LogP contribution in [-0.4, -0.2) is 47.5 Å². The largest absolute Gasteiger partial charge is 0.394 e. The smallest absolute Gasteiger partial charge is 0.252 e. The van der Waals surface area contributed by atoms with Gasteiger partial charge in [-0.25, -0.2) is 4.98 Å². The van der Waals surface area contributed by atoms with Gasteiger partial charge in [-0.2, -0.15) is 0 Å². The number of hydrogen-bond donors (Lipinski definition) is 2. The second-order valence-corrected chi connectivity index (χ2v) is 3.39. The zero-order chi connectivity index (χ0) is 10.7. The van der Waals surface area contributed by atoms with Crippen molar-refractivity contribution in [2.45, 2.75) is 6.10 Å². The number of hydrogen-bond acceptors (Lipinski definition) is 5. The standard InChI is InChI=1S/C9H13N3O3/c13-5-7-4-12(1-2-15-7)8-3-9(14)11-6-10-8/h3,6-7,13H,1-2,4-5H2,(H,10,11,14). The number of aliphatic hydroxyl groups is 1.